The molecular formula is C21H30IN3O2S. The van der Waals surface area contributed by atoms with Crippen LogP contribution in [-0.2, 0) is 9.84 Å². The first-order valence-electron chi connectivity index (χ1n) is 9.55. The Balaban J connectivity index is 0.00000280. The molecule has 1 aromatic carbocycles. The average Bonchev–Trinajstić information content (AvgIpc) is 3.01. The number of aliphatic imine (C=N–C) groups is 1. The summed E-state index contributed by atoms with van der Waals surface area (Å²) in [6, 6.07) is 10.5. The molecule has 0 amide bonds. The smallest absolute Gasteiger partial charge is 0.194 e. The van der Waals surface area contributed by atoms with Crippen molar-refractivity contribution in [2.24, 2.45) is 10.9 Å². The highest BCUT2D eigenvalue weighted by atomic mass is 127. The first kappa shape index (κ1) is 22.9. The fourth-order valence-corrected chi connectivity index (χ4v) is 5.38. The SMILES string of the molecule is C=C(C)CN=C(NCC1CCS(=O)(=O)C1)N1CC=C(c2ccccc2)CC1.I. The maximum Gasteiger partial charge on any atom is 0.194 e. The third kappa shape index (κ3) is 6.62. The van der Waals surface area contributed by atoms with E-state index < -0.39 is 9.84 Å². The second kappa shape index (κ2) is 10.4. The molecule has 154 valence electrons. The van der Waals surface area contributed by atoms with E-state index in [1.807, 2.05) is 13.0 Å². The van der Waals surface area contributed by atoms with Crippen LogP contribution >= 0.6 is 24.0 Å². The highest BCUT2D eigenvalue weighted by molar-refractivity contribution is 14.0. The minimum absolute atomic E-state index is 0. The van der Waals surface area contributed by atoms with Gasteiger partial charge in [-0.05, 0) is 36.8 Å². The van der Waals surface area contributed by atoms with Gasteiger partial charge in [-0.1, -0.05) is 48.6 Å². The molecule has 0 spiro atoms. The summed E-state index contributed by atoms with van der Waals surface area (Å²) in [5, 5.41) is 3.42. The van der Waals surface area contributed by atoms with Crippen LogP contribution in [0, 0.1) is 5.92 Å². The van der Waals surface area contributed by atoms with E-state index >= 15 is 0 Å². The summed E-state index contributed by atoms with van der Waals surface area (Å²) in [5.41, 5.74) is 3.66. The van der Waals surface area contributed by atoms with Crippen LogP contribution in [0.15, 0.2) is 53.6 Å². The lowest BCUT2D eigenvalue weighted by Crippen LogP contribution is -2.45. The van der Waals surface area contributed by atoms with Crippen LogP contribution in [-0.4, -0.2) is 57.0 Å². The van der Waals surface area contributed by atoms with Gasteiger partial charge < -0.3 is 10.2 Å². The van der Waals surface area contributed by atoms with Crippen LogP contribution in [0.2, 0.25) is 0 Å². The Morgan fingerprint density at radius 1 is 1.32 bits per heavy atom. The zero-order chi connectivity index (χ0) is 19.3. The molecule has 2 aliphatic rings. The van der Waals surface area contributed by atoms with E-state index in [0.29, 0.717) is 18.8 Å². The maximum atomic E-state index is 11.7. The van der Waals surface area contributed by atoms with Crippen LogP contribution in [0.25, 0.3) is 5.57 Å². The lowest BCUT2D eigenvalue weighted by molar-refractivity contribution is 0.431. The van der Waals surface area contributed by atoms with Crippen molar-refractivity contribution in [2.45, 2.75) is 19.8 Å². The Labute approximate surface area is 185 Å². The van der Waals surface area contributed by atoms with Crippen LogP contribution < -0.4 is 5.32 Å². The molecule has 1 saturated heterocycles. The van der Waals surface area contributed by atoms with Gasteiger partial charge in [-0.25, -0.2) is 13.4 Å². The van der Waals surface area contributed by atoms with E-state index in [1.165, 1.54) is 11.1 Å². The van der Waals surface area contributed by atoms with E-state index in [4.69, 9.17) is 4.99 Å². The summed E-state index contributed by atoms with van der Waals surface area (Å²) in [5.74, 6) is 1.62. The number of nitrogens with one attached hydrogen (secondary N) is 1. The Morgan fingerprint density at radius 2 is 2.07 bits per heavy atom. The van der Waals surface area contributed by atoms with Crippen LogP contribution in [0.1, 0.15) is 25.3 Å². The molecule has 1 unspecified atom stereocenters. The first-order valence-corrected chi connectivity index (χ1v) is 11.4. The summed E-state index contributed by atoms with van der Waals surface area (Å²) in [6.07, 6.45) is 3.97. The molecule has 2 heterocycles. The number of hydrogen-bond donors (Lipinski definition) is 1. The largest absolute Gasteiger partial charge is 0.356 e. The zero-order valence-electron chi connectivity index (χ0n) is 16.4. The average molecular weight is 515 g/mol. The molecule has 2 aliphatic heterocycles. The van der Waals surface area contributed by atoms with Crippen LogP contribution in [0.4, 0.5) is 0 Å². The minimum Gasteiger partial charge on any atom is -0.356 e. The van der Waals surface area contributed by atoms with Gasteiger partial charge in [0.2, 0.25) is 0 Å². The van der Waals surface area contributed by atoms with Crippen LogP contribution in [0.3, 0.4) is 0 Å². The topological polar surface area (TPSA) is 61.8 Å². The number of halogens is 1. The summed E-state index contributed by atoms with van der Waals surface area (Å²) < 4.78 is 23.4. The highest BCUT2D eigenvalue weighted by Crippen LogP contribution is 2.22. The third-order valence-corrected chi connectivity index (χ3v) is 6.86. The quantitative estimate of drug-likeness (QED) is 0.283. The predicted octanol–water partition coefficient (Wildman–Crippen LogP) is 3.35. The van der Waals surface area contributed by atoms with Gasteiger partial charge >= 0.3 is 0 Å². The van der Waals surface area contributed by atoms with E-state index in [2.05, 4.69) is 47.1 Å². The Bertz CT molecular complexity index is 834. The van der Waals surface area contributed by atoms with E-state index in [-0.39, 0.29) is 35.6 Å². The number of hydrogen-bond acceptors (Lipinski definition) is 3. The van der Waals surface area contributed by atoms with Gasteiger partial charge in [-0.15, -0.1) is 24.0 Å². The fourth-order valence-electron chi connectivity index (χ4n) is 3.52. The maximum absolute atomic E-state index is 11.7. The molecule has 1 atom stereocenters. The molecule has 0 bridgehead atoms. The predicted molar refractivity (Wildman–Crippen MR) is 128 cm³/mol. The Kier molecular flexibility index (Phi) is 8.55. The van der Waals surface area contributed by atoms with E-state index in [1.54, 1.807) is 0 Å². The van der Waals surface area contributed by atoms with Gasteiger partial charge in [-0.3, -0.25) is 0 Å². The molecule has 7 heteroatoms. The number of guanidine groups is 1. The summed E-state index contributed by atoms with van der Waals surface area (Å²) in [4.78, 5) is 6.93. The lowest BCUT2D eigenvalue weighted by atomic mass is 10.00. The summed E-state index contributed by atoms with van der Waals surface area (Å²) >= 11 is 0. The summed E-state index contributed by atoms with van der Waals surface area (Å²) in [6.45, 7) is 8.83. The highest BCUT2D eigenvalue weighted by Gasteiger charge is 2.28. The first-order chi connectivity index (χ1) is 12.9. The molecule has 1 aromatic rings. The lowest BCUT2D eigenvalue weighted by Gasteiger charge is -2.30. The van der Waals surface area contributed by atoms with Crippen molar-refractivity contribution in [3.8, 4) is 0 Å². The molecule has 0 aromatic heterocycles. The van der Waals surface area contributed by atoms with Crippen molar-refractivity contribution in [1.29, 1.82) is 0 Å². The van der Waals surface area contributed by atoms with Gasteiger partial charge in [0.25, 0.3) is 0 Å². The molecule has 1 fully saturated rings. The molecule has 0 aliphatic carbocycles. The minimum atomic E-state index is -2.85. The number of sulfone groups is 1. The molecule has 1 N–H and O–H groups in total. The Hall–Kier alpha value is -1.35. The molecule has 3 rings (SSSR count). The van der Waals surface area contributed by atoms with E-state index in [0.717, 1.165) is 37.5 Å². The van der Waals surface area contributed by atoms with E-state index in [9.17, 15) is 8.42 Å². The molecule has 0 saturated carbocycles. The fraction of sp³-hybridized carbons (Fsp3) is 0.476. The second-order valence-corrected chi connectivity index (χ2v) is 9.77. The zero-order valence-corrected chi connectivity index (χ0v) is 19.6. The Morgan fingerprint density at radius 3 is 2.64 bits per heavy atom. The molecule has 0 radical (unpaired) electrons. The number of benzene rings is 1. The van der Waals surface area contributed by atoms with Gasteiger partial charge in [0, 0.05) is 19.6 Å². The van der Waals surface area contributed by atoms with Crippen LogP contribution in [0.5, 0.6) is 0 Å². The van der Waals surface area contributed by atoms with Crippen molar-refractivity contribution in [1.82, 2.24) is 10.2 Å². The van der Waals surface area contributed by atoms with Gasteiger partial charge in [0.15, 0.2) is 15.8 Å². The van der Waals surface area contributed by atoms with Crippen molar-refractivity contribution < 1.29 is 8.42 Å². The summed E-state index contributed by atoms with van der Waals surface area (Å²) in [7, 11) is -2.85. The monoisotopic (exact) mass is 515 g/mol. The molecule has 28 heavy (non-hydrogen) atoms. The van der Waals surface area contributed by atoms with Crippen molar-refractivity contribution >= 4 is 45.3 Å². The third-order valence-electron chi connectivity index (χ3n) is 5.03. The van der Waals surface area contributed by atoms with Gasteiger partial charge in [0.05, 0.1) is 18.1 Å². The standard InChI is InChI=1S/C21H29N3O2S.HI/c1-17(2)14-22-21(23-15-18-10-13-27(25,26)16-18)24-11-8-20(9-12-24)19-6-4-3-5-7-19;/h3-8,18H,1,9-16H2,2H3,(H,22,23);1H. The molecule has 5 nitrogen and oxygen atoms in total. The molecular weight excluding hydrogens is 485 g/mol. The number of rotatable bonds is 5. The van der Waals surface area contributed by atoms with Crippen molar-refractivity contribution in [3.05, 3.63) is 54.1 Å². The van der Waals surface area contributed by atoms with Gasteiger partial charge in [-0.2, -0.15) is 0 Å². The van der Waals surface area contributed by atoms with Crippen molar-refractivity contribution in [3.63, 3.8) is 0 Å². The second-order valence-electron chi connectivity index (χ2n) is 7.54. The van der Waals surface area contributed by atoms with Crippen molar-refractivity contribution in [2.75, 3.05) is 37.7 Å². The number of nitrogens with zero attached hydrogens (tertiary/aromatic N) is 2. The van der Waals surface area contributed by atoms with Gasteiger partial charge in [0.1, 0.15) is 0 Å². The normalized spacial score (nSPS) is 21.6.